The maximum atomic E-state index is 3.38. The molecule has 1 fully saturated rings. The Morgan fingerprint density at radius 1 is 1.29 bits per heavy atom. The van der Waals surface area contributed by atoms with E-state index in [0.29, 0.717) is 0 Å². The highest BCUT2D eigenvalue weighted by Crippen LogP contribution is 2.23. The van der Waals surface area contributed by atoms with Crippen molar-refractivity contribution >= 4 is 5.69 Å². The molecule has 1 aromatic rings. The molecule has 1 aromatic carbocycles. The fraction of sp³-hybridized carbons (Fsp3) is 0.600. The first-order valence-corrected chi connectivity index (χ1v) is 6.84. The van der Waals surface area contributed by atoms with E-state index in [-0.39, 0.29) is 0 Å². The van der Waals surface area contributed by atoms with Gasteiger partial charge in [-0.1, -0.05) is 26.0 Å². The quantitative estimate of drug-likeness (QED) is 0.858. The summed E-state index contributed by atoms with van der Waals surface area (Å²) in [5, 5.41) is 3.38. The average Bonchev–Trinajstić information content (AvgIpc) is 2.37. The molecule has 1 saturated heterocycles. The van der Waals surface area contributed by atoms with Gasteiger partial charge < -0.3 is 10.2 Å². The maximum Gasteiger partial charge on any atom is 0.0369 e. The van der Waals surface area contributed by atoms with E-state index in [1.54, 1.807) is 0 Å². The number of hydrogen-bond acceptors (Lipinski definition) is 2. The lowest BCUT2D eigenvalue weighted by Gasteiger charge is -2.32. The lowest BCUT2D eigenvalue weighted by molar-refractivity contribution is 0.438. The molecule has 0 saturated carbocycles. The van der Waals surface area contributed by atoms with Crippen LogP contribution < -0.4 is 10.2 Å². The Morgan fingerprint density at radius 2 is 2.06 bits per heavy atom. The van der Waals surface area contributed by atoms with Gasteiger partial charge in [-0.15, -0.1) is 0 Å². The molecule has 0 radical (unpaired) electrons. The summed E-state index contributed by atoms with van der Waals surface area (Å²) in [5.41, 5.74) is 2.79. The second kappa shape index (κ2) is 6.06. The molecule has 94 valence electrons. The molecule has 1 aliphatic heterocycles. The first-order chi connectivity index (χ1) is 8.29. The highest BCUT2D eigenvalue weighted by Gasteiger charge is 2.15. The molecule has 2 nitrogen and oxygen atoms in total. The van der Waals surface area contributed by atoms with Gasteiger partial charge in [-0.05, 0) is 43.0 Å². The van der Waals surface area contributed by atoms with Crippen LogP contribution in [0.3, 0.4) is 0 Å². The summed E-state index contributed by atoms with van der Waals surface area (Å²) in [5.74, 6) is 0.899. The second-order valence-electron chi connectivity index (χ2n) is 5.12. The minimum atomic E-state index is 0.899. The van der Waals surface area contributed by atoms with E-state index < -0.39 is 0 Å². The molecule has 0 aliphatic carbocycles. The van der Waals surface area contributed by atoms with E-state index in [9.17, 15) is 0 Å². The van der Waals surface area contributed by atoms with Crippen molar-refractivity contribution in [1.82, 2.24) is 5.32 Å². The van der Waals surface area contributed by atoms with E-state index in [0.717, 1.165) is 19.0 Å². The fourth-order valence-electron chi connectivity index (χ4n) is 2.40. The molecule has 0 bridgehead atoms. The fourth-order valence-corrected chi connectivity index (χ4v) is 2.40. The van der Waals surface area contributed by atoms with Crippen LogP contribution in [0.5, 0.6) is 0 Å². The molecule has 0 unspecified atom stereocenters. The van der Waals surface area contributed by atoms with Crippen molar-refractivity contribution in [3.8, 4) is 0 Å². The van der Waals surface area contributed by atoms with Crippen LogP contribution in [0.2, 0.25) is 0 Å². The Labute approximate surface area is 105 Å². The lowest BCUT2D eigenvalue weighted by atomic mass is 9.98. The Kier molecular flexibility index (Phi) is 4.43. The molecule has 0 atom stereocenters. The van der Waals surface area contributed by atoms with Gasteiger partial charge in [-0.3, -0.25) is 0 Å². The molecule has 17 heavy (non-hydrogen) atoms. The third-order valence-corrected chi connectivity index (χ3v) is 3.64. The molecule has 0 spiro atoms. The Bertz CT molecular complexity index is 341. The summed E-state index contributed by atoms with van der Waals surface area (Å²) in [4.78, 5) is 2.52. The summed E-state index contributed by atoms with van der Waals surface area (Å²) >= 11 is 0. The van der Waals surface area contributed by atoms with Crippen molar-refractivity contribution in [1.29, 1.82) is 0 Å². The zero-order chi connectivity index (χ0) is 12.1. The van der Waals surface area contributed by atoms with Gasteiger partial charge in [0.25, 0.3) is 0 Å². The van der Waals surface area contributed by atoms with Gasteiger partial charge in [-0.2, -0.15) is 0 Å². The Hall–Kier alpha value is -1.02. The van der Waals surface area contributed by atoms with Gasteiger partial charge >= 0.3 is 0 Å². The average molecular weight is 232 g/mol. The Morgan fingerprint density at radius 3 is 2.76 bits per heavy atom. The Balaban J connectivity index is 2.00. The molecule has 1 heterocycles. The van der Waals surface area contributed by atoms with E-state index in [4.69, 9.17) is 0 Å². The van der Waals surface area contributed by atoms with Crippen molar-refractivity contribution in [2.24, 2.45) is 5.92 Å². The summed E-state index contributed by atoms with van der Waals surface area (Å²) in [6.45, 7) is 8.95. The first kappa shape index (κ1) is 12.4. The van der Waals surface area contributed by atoms with Crippen LogP contribution in [0.15, 0.2) is 24.3 Å². The second-order valence-corrected chi connectivity index (χ2v) is 5.12. The first-order valence-electron chi connectivity index (χ1n) is 6.84. The molecule has 2 heteroatoms. The SMILES string of the molecule is CCNCc1cccc(N2CCC(C)CC2)c1. The third kappa shape index (κ3) is 3.47. The standard InChI is InChI=1S/C15H24N2/c1-3-16-12-14-5-4-6-15(11-14)17-9-7-13(2)8-10-17/h4-6,11,13,16H,3,7-10,12H2,1-2H3. The number of nitrogens with zero attached hydrogens (tertiary/aromatic N) is 1. The maximum absolute atomic E-state index is 3.38. The van der Waals surface area contributed by atoms with Crippen LogP contribution in [0.25, 0.3) is 0 Å². The van der Waals surface area contributed by atoms with Crippen molar-refractivity contribution in [3.05, 3.63) is 29.8 Å². The zero-order valence-electron chi connectivity index (χ0n) is 11.1. The van der Waals surface area contributed by atoms with Crippen LogP contribution in [0.4, 0.5) is 5.69 Å². The van der Waals surface area contributed by atoms with Crippen molar-refractivity contribution in [3.63, 3.8) is 0 Å². The molecular weight excluding hydrogens is 208 g/mol. The highest BCUT2D eigenvalue weighted by molar-refractivity contribution is 5.48. The summed E-state index contributed by atoms with van der Waals surface area (Å²) in [7, 11) is 0. The molecule has 2 rings (SSSR count). The monoisotopic (exact) mass is 232 g/mol. The summed E-state index contributed by atoms with van der Waals surface area (Å²) in [6.07, 6.45) is 2.66. The van der Waals surface area contributed by atoms with Gasteiger partial charge in [0.1, 0.15) is 0 Å². The molecule has 1 N–H and O–H groups in total. The minimum absolute atomic E-state index is 0.899. The van der Waals surface area contributed by atoms with Crippen LogP contribution in [0.1, 0.15) is 32.3 Å². The number of nitrogens with one attached hydrogen (secondary N) is 1. The largest absolute Gasteiger partial charge is 0.372 e. The predicted octanol–water partition coefficient (Wildman–Crippen LogP) is 3.03. The molecule has 0 aromatic heterocycles. The number of piperidine rings is 1. The molecule has 0 amide bonds. The van der Waals surface area contributed by atoms with E-state index in [1.165, 1.54) is 37.2 Å². The van der Waals surface area contributed by atoms with Crippen molar-refractivity contribution in [2.75, 3.05) is 24.5 Å². The predicted molar refractivity (Wildman–Crippen MR) is 74.4 cm³/mol. The van der Waals surface area contributed by atoms with E-state index in [2.05, 4.69) is 48.3 Å². The van der Waals surface area contributed by atoms with Gasteiger partial charge in [0.15, 0.2) is 0 Å². The minimum Gasteiger partial charge on any atom is -0.372 e. The van der Waals surface area contributed by atoms with Crippen molar-refractivity contribution < 1.29 is 0 Å². The van der Waals surface area contributed by atoms with Gasteiger partial charge in [0, 0.05) is 25.3 Å². The van der Waals surface area contributed by atoms with E-state index >= 15 is 0 Å². The zero-order valence-corrected chi connectivity index (χ0v) is 11.1. The highest BCUT2D eigenvalue weighted by atomic mass is 15.1. The van der Waals surface area contributed by atoms with Gasteiger partial charge in [0.2, 0.25) is 0 Å². The van der Waals surface area contributed by atoms with E-state index in [1.807, 2.05) is 0 Å². The number of anilines is 1. The van der Waals surface area contributed by atoms with Gasteiger partial charge in [0.05, 0.1) is 0 Å². The molecular formula is C15H24N2. The van der Waals surface area contributed by atoms with Crippen LogP contribution in [-0.4, -0.2) is 19.6 Å². The van der Waals surface area contributed by atoms with Crippen LogP contribution >= 0.6 is 0 Å². The number of benzene rings is 1. The smallest absolute Gasteiger partial charge is 0.0369 e. The summed E-state index contributed by atoms with van der Waals surface area (Å²) in [6, 6.07) is 8.96. The van der Waals surface area contributed by atoms with Gasteiger partial charge in [-0.25, -0.2) is 0 Å². The normalized spacial score (nSPS) is 17.4. The van der Waals surface area contributed by atoms with Crippen LogP contribution in [0, 0.1) is 5.92 Å². The summed E-state index contributed by atoms with van der Waals surface area (Å²) < 4.78 is 0. The van der Waals surface area contributed by atoms with Crippen molar-refractivity contribution in [2.45, 2.75) is 33.2 Å². The molecule has 1 aliphatic rings. The topological polar surface area (TPSA) is 15.3 Å². The number of rotatable bonds is 4. The third-order valence-electron chi connectivity index (χ3n) is 3.64. The lowest BCUT2D eigenvalue weighted by Crippen LogP contribution is -2.32. The van der Waals surface area contributed by atoms with Crippen LogP contribution in [-0.2, 0) is 6.54 Å². The number of hydrogen-bond donors (Lipinski definition) is 1.